The molecule has 0 aliphatic rings. The molecule has 1 heterocycles. The Morgan fingerprint density at radius 3 is 2.53 bits per heavy atom. The van der Waals surface area contributed by atoms with Gasteiger partial charge >= 0.3 is 0 Å². The Morgan fingerprint density at radius 1 is 1.47 bits per heavy atom. The average molecular weight is 254 g/mol. The maximum atomic E-state index is 11.8. The van der Waals surface area contributed by atoms with Crippen molar-refractivity contribution in [3.8, 4) is 0 Å². The topological polar surface area (TPSA) is 57.4 Å². The van der Waals surface area contributed by atoms with Gasteiger partial charge in [-0.2, -0.15) is 0 Å². The lowest BCUT2D eigenvalue weighted by molar-refractivity contribution is 0.561. The van der Waals surface area contributed by atoms with Crippen LogP contribution in [0.3, 0.4) is 0 Å². The molecule has 1 atom stereocenters. The summed E-state index contributed by atoms with van der Waals surface area (Å²) in [6.07, 6.45) is 1.68. The maximum absolute atomic E-state index is 11.8. The molecule has 0 aliphatic carbocycles. The molecule has 0 N–H and O–H groups in total. The number of hydrogen-bond acceptors (Lipinski definition) is 3. The van der Waals surface area contributed by atoms with E-state index in [0.29, 0.717) is 11.3 Å². The Balaban J connectivity index is 3.04. The number of hydrogen-bond donors (Lipinski definition) is 0. The summed E-state index contributed by atoms with van der Waals surface area (Å²) in [5, 5.41) is 0. The van der Waals surface area contributed by atoms with Gasteiger partial charge in [0.1, 0.15) is 16.1 Å². The molecule has 1 unspecified atom stereocenters. The van der Waals surface area contributed by atoms with Crippen LogP contribution in [-0.2, 0) is 18.4 Å². The SMILES string of the molecule is CC(=N[S+]([O-])C(C)(C)C)c1ccn(C)c(=O)c1. The molecule has 0 radical (unpaired) electrons. The molecule has 1 aromatic heterocycles. The van der Waals surface area contributed by atoms with Crippen LogP contribution in [0.2, 0.25) is 0 Å². The monoisotopic (exact) mass is 254 g/mol. The van der Waals surface area contributed by atoms with Crippen LogP contribution in [0.25, 0.3) is 0 Å². The van der Waals surface area contributed by atoms with Crippen LogP contribution >= 0.6 is 0 Å². The largest absolute Gasteiger partial charge is 0.591 e. The summed E-state index contributed by atoms with van der Waals surface area (Å²) in [4.78, 5) is 11.5. The van der Waals surface area contributed by atoms with Crippen LogP contribution in [0, 0.1) is 0 Å². The van der Waals surface area contributed by atoms with E-state index in [4.69, 9.17) is 0 Å². The quantitative estimate of drug-likeness (QED) is 0.595. The third kappa shape index (κ3) is 3.71. The van der Waals surface area contributed by atoms with Crippen LogP contribution in [0.4, 0.5) is 0 Å². The molecule has 0 saturated carbocycles. The van der Waals surface area contributed by atoms with E-state index >= 15 is 0 Å². The van der Waals surface area contributed by atoms with Crippen molar-refractivity contribution in [1.82, 2.24) is 4.57 Å². The lowest BCUT2D eigenvalue weighted by Crippen LogP contribution is -2.27. The number of pyridine rings is 1. The van der Waals surface area contributed by atoms with E-state index in [0.717, 1.165) is 0 Å². The molecular weight excluding hydrogens is 236 g/mol. The predicted octanol–water partition coefficient (Wildman–Crippen LogP) is 1.66. The third-order valence-electron chi connectivity index (χ3n) is 2.27. The van der Waals surface area contributed by atoms with Crippen LogP contribution in [0.1, 0.15) is 33.3 Å². The number of nitrogens with zero attached hydrogens (tertiary/aromatic N) is 2. The third-order valence-corrected chi connectivity index (χ3v) is 3.75. The molecular formula is C12H18N2O2S. The second-order valence-corrected chi connectivity index (χ2v) is 6.81. The van der Waals surface area contributed by atoms with Crippen molar-refractivity contribution >= 4 is 17.1 Å². The summed E-state index contributed by atoms with van der Waals surface area (Å²) >= 11 is -1.30. The van der Waals surface area contributed by atoms with Crippen molar-refractivity contribution in [3.05, 3.63) is 34.2 Å². The average Bonchev–Trinajstić information content (AvgIpc) is 2.20. The fourth-order valence-electron chi connectivity index (χ4n) is 1.09. The fraction of sp³-hybridized carbons (Fsp3) is 0.500. The van der Waals surface area contributed by atoms with Crippen LogP contribution in [0.5, 0.6) is 0 Å². The van der Waals surface area contributed by atoms with Gasteiger partial charge in [0.25, 0.3) is 5.56 Å². The van der Waals surface area contributed by atoms with E-state index in [9.17, 15) is 9.35 Å². The molecule has 0 amide bonds. The van der Waals surface area contributed by atoms with Gasteiger partial charge in [-0.1, -0.05) is 4.40 Å². The first-order valence-corrected chi connectivity index (χ1v) is 6.47. The first-order valence-electron chi connectivity index (χ1n) is 5.36. The molecule has 0 spiro atoms. The predicted molar refractivity (Wildman–Crippen MR) is 71.8 cm³/mol. The lowest BCUT2D eigenvalue weighted by atomic mass is 10.2. The summed E-state index contributed by atoms with van der Waals surface area (Å²) in [6, 6.07) is 3.29. The number of rotatable bonds is 2. The molecule has 0 bridgehead atoms. The molecule has 0 fully saturated rings. The molecule has 0 aliphatic heterocycles. The molecule has 17 heavy (non-hydrogen) atoms. The number of aryl methyl sites for hydroxylation is 1. The molecule has 94 valence electrons. The van der Waals surface area contributed by atoms with Crippen molar-refractivity contribution in [2.75, 3.05) is 0 Å². The van der Waals surface area contributed by atoms with Crippen molar-refractivity contribution in [2.45, 2.75) is 32.4 Å². The minimum absolute atomic E-state index is 0.0985. The molecule has 0 aromatic carbocycles. The smallest absolute Gasteiger partial charge is 0.250 e. The molecule has 5 heteroatoms. The zero-order valence-corrected chi connectivity index (χ0v) is 11.7. The minimum atomic E-state index is -1.30. The highest BCUT2D eigenvalue weighted by Gasteiger charge is 2.26. The second kappa shape index (κ2) is 5.06. The van der Waals surface area contributed by atoms with Crippen LogP contribution < -0.4 is 5.56 Å². The summed E-state index contributed by atoms with van der Waals surface area (Å²) in [5.41, 5.74) is 1.24. The first kappa shape index (κ1) is 14.0. The summed E-state index contributed by atoms with van der Waals surface area (Å²) in [5.74, 6) is 0. The van der Waals surface area contributed by atoms with Crippen LogP contribution in [-0.4, -0.2) is 19.6 Å². The van der Waals surface area contributed by atoms with Crippen molar-refractivity contribution in [3.63, 3.8) is 0 Å². The van der Waals surface area contributed by atoms with Gasteiger partial charge in [0, 0.05) is 24.9 Å². The van der Waals surface area contributed by atoms with Gasteiger partial charge in [-0.3, -0.25) is 4.79 Å². The van der Waals surface area contributed by atoms with E-state index in [1.165, 1.54) is 10.6 Å². The van der Waals surface area contributed by atoms with Gasteiger partial charge in [-0.05, 0) is 33.8 Å². The van der Waals surface area contributed by atoms with Crippen LogP contribution in [0.15, 0.2) is 27.5 Å². The Hall–Kier alpha value is -1.07. The van der Waals surface area contributed by atoms with E-state index in [-0.39, 0.29) is 10.3 Å². The highest BCUT2D eigenvalue weighted by molar-refractivity contribution is 7.91. The van der Waals surface area contributed by atoms with Crippen molar-refractivity contribution in [2.24, 2.45) is 11.4 Å². The zero-order chi connectivity index (χ0) is 13.2. The van der Waals surface area contributed by atoms with Gasteiger partial charge in [-0.25, -0.2) is 0 Å². The maximum Gasteiger partial charge on any atom is 0.250 e. The minimum Gasteiger partial charge on any atom is -0.591 e. The van der Waals surface area contributed by atoms with Gasteiger partial charge in [-0.15, -0.1) is 0 Å². The van der Waals surface area contributed by atoms with Crippen molar-refractivity contribution in [1.29, 1.82) is 0 Å². The zero-order valence-electron chi connectivity index (χ0n) is 10.9. The molecule has 1 aromatic rings. The van der Waals surface area contributed by atoms with Gasteiger partial charge in [0.2, 0.25) is 0 Å². The highest BCUT2D eigenvalue weighted by Crippen LogP contribution is 2.18. The Bertz CT molecular complexity index is 486. The van der Waals surface area contributed by atoms with Gasteiger partial charge in [0.15, 0.2) is 0 Å². The molecule has 0 saturated heterocycles. The van der Waals surface area contributed by atoms with Crippen molar-refractivity contribution < 1.29 is 4.55 Å². The van der Waals surface area contributed by atoms with E-state index < -0.39 is 11.4 Å². The Labute approximate surface area is 105 Å². The highest BCUT2D eigenvalue weighted by atomic mass is 32.2. The normalized spacial score (nSPS) is 14.8. The van der Waals surface area contributed by atoms with E-state index in [1.807, 2.05) is 20.8 Å². The second-order valence-electron chi connectivity index (χ2n) is 4.90. The first-order chi connectivity index (χ1) is 7.71. The standard InChI is InChI=1S/C12H18N2O2S/c1-9(13-17(16)12(2,3)4)10-6-7-14(5)11(15)8-10/h6-8H,1-5H3. The number of aromatic nitrogens is 1. The fourth-order valence-corrected chi connectivity index (χ4v) is 1.72. The van der Waals surface area contributed by atoms with Gasteiger partial charge in [0.05, 0.1) is 5.71 Å². The lowest BCUT2D eigenvalue weighted by Gasteiger charge is -2.18. The summed E-state index contributed by atoms with van der Waals surface area (Å²) < 4.78 is 17.1. The summed E-state index contributed by atoms with van der Waals surface area (Å²) in [7, 11) is 1.69. The Kier molecular flexibility index (Phi) is 4.16. The van der Waals surface area contributed by atoms with E-state index in [2.05, 4.69) is 4.40 Å². The summed E-state index contributed by atoms with van der Waals surface area (Å²) in [6.45, 7) is 7.36. The molecule has 4 nitrogen and oxygen atoms in total. The van der Waals surface area contributed by atoms with Gasteiger partial charge < -0.3 is 9.12 Å². The molecule has 1 rings (SSSR count). The van der Waals surface area contributed by atoms with E-state index in [1.54, 1.807) is 26.2 Å². The Morgan fingerprint density at radius 2 is 2.06 bits per heavy atom.